The number of nitrogens with zero attached hydrogens (tertiary/aromatic N) is 3. The molecule has 0 atom stereocenters. The van der Waals surface area contributed by atoms with E-state index in [-0.39, 0.29) is 5.91 Å². The number of anilines is 3. The lowest BCUT2D eigenvalue weighted by atomic mass is 9.96. The van der Waals surface area contributed by atoms with Crippen LogP contribution in [0.1, 0.15) is 15.9 Å². The molecule has 0 radical (unpaired) electrons. The number of piperazine rings is 1. The second kappa shape index (κ2) is 7.89. The molecule has 1 aromatic carbocycles. The number of aromatic nitrogens is 2. The van der Waals surface area contributed by atoms with Crippen LogP contribution in [-0.2, 0) is 6.54 Å². The highest BCUT2D eigenvalue weighted by atomic mass is 32.1. The van der Waals surface area contributed by atoms with Gasteiger partial charge >= 0.3 is 0 Å². The van der Waals surface area contributed by atoms with E-state index in [0.717, 1.165) is 70.3 Å². The van der Waals surface area contributed by atoms with Gasteiger partial charge in [-0.15, -0.1) is 11.3 Å². The number of rotatable bonds is 4. The summed E-state index contributed by atoms with van der Waals surface area (Å²) in [5.74, 6) is 0.668. The normalized spacial score (nSPS) is 15.6. The molecule has 160 valence electrons. The molecule has 1 saturated heterocycles. The molecule has 5 heterocycles. The summed E-state index contributed by atoms with van der Waals surface area (Å²) in [6.07, 6.45) is 3.73. The van der Waals surface area contributed by atoms with E-state index in [1.54, 1.807) is 11.3 Å². The first-order valence-corrected chi connectivity index (χ1v) is 11.6. The summed E-state index contributed by atoms with van der Waals surface area (Å²) in [6.45, 7) is 4.46. The quantitative estimate of drug-likeness (QED) is 0.447. The van der Waals surface area contributed by atoms with Crippen LogP contribution in [0.4, 0.5) is 17.2 Å². The van der Waals surface area contributed by atoms with Crippen molar-refractivity contribution in [2.75, 3.05) is 36.4 Å². The van der Waals surface area contributed by atoms with Gasteiger partial charge in [-0.2, -0.15) is 0 Å². The highest BCUT2D eigenvalue weighted by Crippen LogP contribution is 2.38. The van der Waals surface area contributed by atoms with Crippen molar-refractivity contribution in [2.45, 2.75) is 6.54 Å². The minimum absolute atomic E-state index is 0.0572. The summed E-state index contributed by atoms with van der Waals surface area (Å²) in [4.78, 5) is 24.1. The van der Waals surface area contributed by atoms with E-state index in [9.17, 15) is 4.79 Å². The highest BCUT2D eigenvalue weighted by Gasteiger charge is 2.27. The second-order valence-electron chi connectivity index (χ2n) is 7.95. The number of pyridine rings is 2. The zero-order valence-electron chi connectivity index (χ0n) is 17.4. The van der Waals surface area contributed by atoms with Gasteiger partial charge in [-0.3, -0.25) is 9.78 Å². The first-order valence-electron chi connectivity index (χ1n) is 10.7. The average molecular weight is 443 g/mol. The minimum atomic E-state index is -0.0572. The summed E-state index contributed by atoms with van der Waals surface area (Å²) in [5.41, 5.74) is 6.76. The van der Waals surface area contributed by atoms with Gasteiger partial charge in [0.2, 0.25) is 0 Å². The molecule has 2 aliphatic rings. The number of hydrogen-bond acceptors (Lipinski definition) is 7. The predicted octanol–water partition coefficient (Wildman–Crippen LogP) is 3.75. The Kier molecular flexibility index (Phi) is 4.74. The molecule has 3 N–H and O–H groups in total. The maximum Gasteiger partial charge on any atom is 0.254 e. The fraction of sp³-hybridized carbons (Fsp3) is 0.208. The van der Waals surface area contributed by atoms with Crippen LogP contribution in [0.15, 0.2) is 54.2 Å². The summed E-state index contributed by atoms with van der Waals surface area (Å²) < 4.78 is 1.14. The highest BCUT2D eigenvalue weighted by molar-refractivity contribution is 7.17. The van der Waals surface area contributed by atoms with Crippen molar-refractivity contribution in [1.29, 1.82) is 0 Å². The van der Waals surface area contributed by atoms with E-state index < -0.39 is 0 Å². The van der Waals surface area contributed by atoms with Gasteiger partial charge < -0.3 is 20.9 Å². The number of carbonyl (C=O) groups is 1. The van der Waals surface area contributed by atoms with Gasteiger partial charge in [-0.05, 0) is 46.8 Å². The minimum Gasteiger partial charge on any atom is -0.368 e. The molecule has 8 heteroatoms. The first kappa shape index (κ1) is 19.2. The van der Waals surface area contributed by atoms with Crippen molar-refractivity contribution in [1.82, 2.24) is 20.6 Å². The third-order valence-electron chi connectivity index (χ3n) is 6.09. The maximum absolute atomic E-state index is 12.7. The molecule has 0 saturated carbocycles. The Morgan fingerprint density at radius 2 is 1.91 bits per heavy atom. The van der Waals surface area contributed by atoms with Gasteiger partial charge in [0.15, 0.2) is 0 Å². The average Bonchev–Trinajstić information content (AvgIpc) is 3.48. The zero-order chi connectivity index (χ0) is 21.5. The van der Waals surface area contributed by atoms with Gasteiger partial charge in [0.25, 0.3) is 5.91 Å². The molecule has 32 heavy (non-hydrogen) atoms. The van der Waals surface area contributed by atoms with Crippen molar-refractivity contribution in [3.8, 4) is 11.1 Å². The first-order chi connectivity index (χ1) is 15.8. The van der Waals surface area contributed by atoms with Crippen LogP contribution < -0.4 is 20.9 Å². The SMILES string of the molecule is O=C1NCc2c(-c3ccnc4ccsc34)ccc(Nc3ccc(N4CCNCC4)cn3)c21. The van der Waals surface area contributed by atoms with E-state index in [4.69, 9.17) is 0 Å². The number of benzene rings is 1. The standard InChI is InChI=1S/C24H22N6OS/c31-24-22-18(14-28-24)16(17-5-7-26-20-6-12-32-23(17)20)2-3-19(22)29-21-4-1-15(13-27-21)30-10-8-25-9-11-30/h1-7,12-13,25H,8-11,14H2,(H,27,29)(H,28,31). The van der Waals surface area contributed by atoms with Gasteiger partial charge in [0, 0.05) is 44.5 Å². The molecule has 0 aliphatic carbocycles. The van der Waals surface area contributed by atoms with Gasteiger partial charge in [0.1, 0.15) is 5.82 Å². The van der Waals surface area contributed by atoms with Crippen molar-refractivity contribution < 1.29 is 4.79 Å². The van der Waals surface area contributed by atoms with Crippen LogP contribution in [-0.4, -0.2) is 42.1 Å². The molecule has 0 spiro atoms. The van der Waals surface area contributed by atoms with Crippen molar-refractivity contribution in [3.05, 3.63) is 65.3 Å². The monoisotopic (exact) mass is 442 g/mol. The van der Waals surface area contributed by atoms with Gasteiger partial charge in [-0.25, -0.2) is 4.98 Å². The Hall–Kier alpha value is -3.49. The van der Waals surface area contributed by atoms with Crippen molar-refractivity contribution in [3.63, 3.8) is 0 Å². The number of nitrogens with one attached hydrogen (secondary N) is 3. The number of fused-ring (bicyclic) bond motifs is 2. The smallest absolute Gasteiger partial charge is 0.254 e. The second-order valence-corrected chi connectivity index (χ2v) is 8.87. The number of hydrogen-bond donors (Lipinski definition) is 3. The Morgan fingerprint density at radius 1 is 1.00 bits per heavy atom. The number of carbonyl (C=O) groups excluding carboxylic acids is 1. The third kappa shape index (κ3) is 3.28. The number of thiophene rings is 1. The molecule has 1 amide bonds. The number of amides is 1. The summed E-state index contributed by atoms with van der Waals surface area (Å²) in [6, 6.07) is 12.2. The molecule has 2 aliphatic heterocycles. The Balaban J connectivity index is 1.34. The molecular formula is C24H22N6OS. The maximum atomic E-state index is 12.7. The summed E-state index contributed by atoms with van der Waals surface area (Å²) in [5, 5.41) is 11.8. The molecule has 0 bridgehead atoms. The third-order valence-corrected chi connectivity index (χ3v) is 7.03. The molecule has 4 aromatic rings. The lowest BCUT2D eigenvalue weighted by molar-refractivity contribution is 0.0966. The molecule has 7 nitrogen and oxygen atoms in total. The molecule has 6 rings (SSSR count). The lowest BCUT2D eigenvalue weighted by Gasteiger charge is -2.29. The lowest BCUT2D eigenvalue weighted by Crippen LogP contribution is -2.43. The van der Waals surface area contributed by atoms with Crippen molar-refractivity contribution in [2.24, 2.45) is 0 Å². The zero-order valence-corrected chi connectivity index (χ0v) is 18.2. The Bertz CT molecular complexity index is 1310. The Labute approximate surface area is 189 Å². The molecule has 3 aromatic heterocycles. The van der Waals surface area contributed by atoms with Crippen LogP contribution >= 0.6 is 11.3 Å². The van der Waals surface area contributed by atoms with Crippen LogP contribution in [0, 0.1) is 0 Å². The molecule has 1 fully saturated rings. The predicted molar refractivity (Wildman–Crippen MR) is 129 cm³/mol. The van der Waals surface area contributed by atoms with E-state index in [1.807, 2.05) is 36.7 Å². The Morgan fingerprint density at radius 3 is 2.75 bits per heavy atom. The van der Waals surface area contributed by atoms with E-state index in [1.165, 1.54) is 0 Å². The largest absolute Gasteiger partial charge is 0.368 e. The van der Waals surface area contributed by atoms with E-state index in [0.29, 0.717) is 12.1 Å². The molecular weight excluding hydrogens is 420 g/mol. The summed E-state index contributed by atoms with van der Waals surface area (Å²) in [7, 11) is 0. The fourth-order valence-corrected chi connectivity index (χ4v) is 5.38. The topological polar surface area (TPSA) is 82.2 Å². The van der Waals surface area contributed by atoms with Gasteiger partial charge in [0.05, 0.1) is 33.4 Å². The summed E-state index contributed by atoms with van der Waals surface area (Å²) >= 11 is 1.67. The fourth-order valence-electron chi connectivity index (χ4n) is 4.50. The van der Waals surface area contributed by atoms with Crippen LogP contribution in [0.2, 0.25) is 0 Å². The van der Waals surface area contributed by atoms with Crippen LogP contribution in [0.3, 0.4) is 0 Å². The van der Waals surface area contributed by atoms with Crippen LogP contribution in [0.25, 0.3) is 21.3 Å². The van der Waals surface area contributed by atoms with Gasteiger partial charge in [-0.1, -0.05) is 6.07 Å². The van der Waals surface area contributed by atoms with E-state index in [2.05, 4.69) is 48.3 Å². The van der Waals surface area contributed by atoms with E-state index >= 15 is 0 Å². The van der Waals surface area contributed by atoms with Crippen molar-refractivity contribution >= 4 is 44.7 Å². The molecule has 0 unspecified atom stereocenters. The van der Waals surface area contributed by atoms with Crippen LogP contribution in [0.5, 0.6) is 0 Å².